The first kappa shape index (κ1) is 13.8. The van der Waals surface area contributed by atoms with Crippen LogP contribution in [-0.2, 0) is 4.74 Å². The number of aliphatic hydroxyl groups excluding tert-OH is 1. The van der Waals surface area contributed by atoms with Gasteiger partial charge in [-0.15, -0.1) is 0 Å². The third-order valence-corrected chi connectivity index (χ3v) is 1.92. The molecule has 0 saturated heterocycles. The van der Waals surface area contributed by atoms with Gasteiger partial charge in [0.2, 0.25) is 0 Å². The molecule has 0 fully saturated rings. The molecule has 1 unspecified atom stereocenters. The second-order valence-corrected chi connectivity index (χ2v) is 3.86. The molecule has 0 aromatic carbocycles. The van der Waals surface area contributed by atoms with Crippen LogP contribution in [0, 0.1) is 0 Å². The molecule has 0 saturated carbocycles. The van der Waals surface area contributed by atoms with Gasteiger partial charge in [-0.25, -0.2) is 0 Å². The summed E-state index contributed by atoms with van der Waals surface area (Å²) in [5, 5.41) is 17.7. The zero-order chi connectivity index (χ0) is 10.9. The Kier molecular flexibility index (Phi) is 8.08. The van der Waals surface area contributed by atoms with Crippen LogP contribution in [0.1, 0.15) is 39.0 Å². The summed E-state index contributed by atoms with van der Waals surface area (Å²) in [5.41, 5.74) is 4.38. The van der Waals surface area contributed by atoms with Crippen LogP contribution < -0.4 is 5.73 Å². The molecule has 0 radical (unpaired) electrons. The van der Waals surface area contributed by atoms with E-state index in [-0.39, 0.29) is 6.61 Å². The van der Waals surface area contributed by atoms with Crippen LogP contribution in [0.25, 0.3) is 0 Å². The minimum absolute atomic E-state index is 0.191. The molecule has 0 aromatic heterocycles. The fourth-order valence-electron chi connectivity index (χ4n) is 1.13. The van der Waals surface area contributed by atoms with Gasteiger partial charge in [-0.2, -0.15) is 0 Å². The fraction of sp³-hybridized carbons (Fsp3) is 1.00. The minimum Gasteiger partial charge on any atom is -0.396 e. The van der Waals surface area contributed by atoms with Crippen molar-refractivity contribution in [2.45, 2.75) is 44.8 Å². The lowest BCUT2D eigenvalue weighted by atomic mass is 10.1. The van der Waals surface area contributed by atoms with Gasteiger partial charge < -0.3 is 20.7 Å². The summed E-state index contributed by atoms with van der Waals surface area (Å²) in [6, 6.07) is 0. The van der Waals surface area contributed by atoms with E-state index in [1.807, 2.05) is 0 Å². The summed E-state index contributed by atoms with van der Waals surface area (Å²) in [4.78, 5) is 0. The van der Waals surface area contributed by atoms with Crippen molar-refractivity contribution in [3.8, 4) is 0 Å². The molecular formula is C10H23NO3. The molecule has 14 heavy (non-hydrogen) atoms. The number of rotatable bonds is 9. The lowest BCUT2D eigenvalue weighted by Crippen LogP contribution is -2.35. The first-order valence-corrected chi connectivity index (χ1v) is 5.26. The van der Waals surface area contributed by atoms with E-state index in [9.17, 15) is 5.11 Å². The highest BCUT2D eigenvalue weighted by Crippen LogP contribution is 2.08. The van der Waals surface area contributed by atoms with E-state index in [1.54, 1.807) is 6.92 Å². The Morgan fingerprint density at radius 1 is 1.14 bits per heavy atom. The summed E-state index contributed by atoms with van der Waals surface area (Å²) < 4.78 is 5.25. The minimum atomic E-state index is -1.03. The monoisotopic (exact) mass is 205 g/mol. The van der Waals surface area contributed by atoms with Gasteiger partial charge in [-0.3, -0.25) is 0 Å². The second-order valence-electron chi connectivity index (χ2n) is 3.86. The maximum absolute atomic E-state index is 9.21. The zero-order valence-corrected chi connectivity index (χ0v) is 9.04. The van der Waals surface area contributed by atoms with E-state index in [2.05, 4.69) is 0 Å². The van der Waals surface area contributed by atoms with E-state index in [4.69, 9.17) is 15.6 Å². The molecular weight excluding hydrogens is 182 g/mol. The summed E-state index contributed by atoms with van der Waals surface area (Å²) in [6.45, 7) is 3.17. The topological polar surface area (TPSA) is 75.7 Å². The molecule has 0 rings (SSSR count). The highest BCUT2D eigenvalue weighted by atomic mass is 16.5. The van der Waals surface area contributed by atoms with Gasteiger partial charge in [-0.1, -0.05) is 6.42 Å². The number of ether oxygens (including phenoxy) is 1. The van der Waals surface area contributed by atoms with Crippen LogP contribution in [0.5, 0.6) is 0 Å². The highest BCUT2D eigenvalue weighted by molar-refractivity contribution is 4.62. The van der Waals surface area contributed by atoms with Crippen molar-refractivity contribution in [2.75, 3.05) is 19.8 Å². The van der Waals surface area contributed by atoms with Gasteiger partial charge in [0.15, 0.2) is 0 Å². The number of hydrogen-bond acceptors (Lipinski definition) is 4. The summed E-state index contributed by atoms with van der Waals surface area (Å²) in [6.07, 6.45) is 4.27. The predicted molar refractivity (Wildman–Crippen MR) is 55.8 cm³/mol. The van der Waals surface area contributed by atoms with Gasteiger partial charge in [0, 0.05) is 19.8 Å². The summed E-state index contributed by atoms with van der Waals surface area (Å²) >= 11 is 0. The Morgan fingerprint density at radius 2 is 1.79 bits per heavy atom. The van der Waals surface area contributed by atoms with Crippen molar-refractivity contribution in [3.63, 3.8) is 0 Å². The third kappa shape index (κ3) is 11.8. The second kappa shape index (κ2) is 8.17. The van der Waals surface area contributed by atoms with Crippen LogP contribution >= 0.6 is 0 Å². The molecule has 0 aliphatic carbocycles. The highest BCUT2D eigenvalue weighted by Gasteiger charge is 2.11. The summed E-state index contributed by atoms with van der Waals surface area (Å²) in [5.74, 6) is 0. The Balaban J connectivity index is 2.99. The quantitative estimate of drug-likeness (QED) is 0.381. The van der Waals surface area contributed by atoms with Crippen molar-refractivity contribution in [1.82, 2.24) is 0 Å². The molecule has 4 heteroatoms. The maximum Gasteiger partial charge on any atom is 0.110 e. The molecule has 0 bridgehead atoms. The molecule has 4 nitrogen and oxygen atoms in total. The van der Waals surface area contributed by atoms with E-state index >= 15 is 0 Å². The molecule has 0 aliphatic heterocycles. The van der Waals surface area contributed by atoms with Crippen LogP contribution in [-0.4, -0.2) is 35.8 Å². The third-order valence-electron chi connectivity index (χ3n) is 1.92. The molecule has 0 aromatic rings. The largest absolute Gasteiger partial charge is 0.396 e. The Bertz CT molecular complexity index is 123. The first-order valence-electron chi connectivity index (χ1n) is 5.26. The van der Waals surface area contributed by atoms with Gasteiger partial charge >= 0.3 is 0 Å². The summed E-state index contributed by atoms with van der Waals surface area (Å²) in [7, 11) is 0. The van der Waals surface area contributed by atoms with Gasteiger partial charge in [0.1, 0.15) is 5.72 Å². The number of hydrogen-bond donors (Lipinski definition) is 3. The van der Waals surface area contributed by atoms with Crippen molar-refractivity contribution in [3.05, 3.63) is 0 Å². The lowest BCUT2D eigenvalue weighted by molar-refractivity contribution is 0.0535. The van der Waals surface area contributed by atoms with Crippen LogP contribution in [0.2, 0.25) is 0 Å². The molecule has 86 valence electrons. The standard InChI is InChI=1S/C10H23NO3/c1-10(11,13)6-3-2-4-8-14-9-5-7-12/h12-13H,2-9,11H2,1H3. The maximum atomic E-state index is 9.21. The molecule has 0 heterocycles. The molecule has 0 amide bonds. The number of aliphatic hydroxyl groups is 2. The van der Waals surface area contributed by atoms with Crippen LogP contribution in [0.15, 0.2) is 0 Å². The molecule has 4 N–H and O–H groups in total. The van der Waals surface area contributed by atoms with E-state index in [1.165, 1.54) is 0 Å². The Labute approximate surface area is 86.1 Å². The average Bonchev–Trinajstić information content (AvgIpc) is 2.08. The number of nitrogens with two attached hydrogens (primary N) is 1. The molecule has 1 atom stereocenters. The van der Waals surface area contributed by atoms with E-state index in [0.29, 0.717) is 19.4 Å². The fourth-order valence-corrected chi connectivity index (χ4v) is 1.13. The van der Waals surface area contributed by atoms with Crippen molar-refractivity contribution < 1.29 is 14.9 Å². The number of unbranched alkanes of at least 4 members (excludes halogenated alkanes) is 2. The van der Waals surface area contributed by atoms with Gasteiger partial charge in [-0.05, 0) is 32.6 Å². The smallest absolute Gasteiger partial charge is 0.110 e. The Morgan fingerprint density at radius 3 is 2.36 bits per heavy atom. The van der Waals surface area contributed by atoms with Crippen molar-refractivity contribution in [1.29, 1.82) is 0 Å². The van der Waals surface area contributed by atoms with Gasteiger partial charge in [0.05, 0.1) is 0 Å². The van der Waals surface area contributed by atoms with Gasteiger partial charge in [0.25, 0.3) is 0 Å². The molecule has 0 spiro atoms. The molecule has 0 aliphatic rings. The lowest BCUT2D eigenvalue weighted by Gasteiger charge is -2.16. The van der Waals surface area contributed by atoms with Crippen molar-refractivity contribution in [2.24, 2.45) is 5.73 Å². The average molecular weight is 205 g/mol. The van der Waals surface area contributed by atoms with E-state index < -0.39 is 5.72 Å². The zero-order valence-electron chi connectivity index (χ0n) is 9.04. The first-order chi connectivity index (χ1) is 6.56. The normalized spacial score (nSPS) is 15.4. The Hall–Kier alpha value is -0.160. The SMILES string of the molecule is CC(N)(O)CCCCCOCCCO. The van der Waals surface area contributed by atoms with Crippen LogP contribution in [0.4, 0.5) is 0 Å². The van der Waals surface area contributed by atoms with E-state index in [0.717, 1.165) is 25.9 Å². The van der Waals surface area contributed by atoms with Crippen molar-refractivity contribution >= 4 is 0 Å². The predicted octanol–water partition coefficient (Wildman–Crippen LogP) is 0.613. The van der Waals surface area contributed by atoms with Crippen LogP contribution in [0.3, 0.4) is 0 Å².